The van der Waals surface area contributed by atoms with Crippen LogP contribution in [0, 0.1) is 0 Å². The molecule has 0 N–H and O–H groups in total. The Hall–Kier alpha value is -0.273. The summed E-state index contributed by atoms with van der Waals surface area (Å²) in [5.41, 5.74) is 0. The zero-order valence-corrected chi connectivity index (χ0v) is 9.96. The third kappa shape index (κ3) is 4.85. The van der Waals surface area contributed by atoms with Crippen LogP contribution in [0.1, 0.15) is 19.8 Å². The Morgan fingerprint density at radius 3 is 2.33 bits per heavy atom. The maximum Gasteiger partial charge on any atom is 0.296 e. The molecule has 1 rings (SSSR count). The number of hydrogen-bond acceptors (Lipinski definition) is 3. The van der Waals surface area contributed by atoms with Crippen LogP contribution in [-0.2, 0) is 14.3 Å². The summed E-state index contributed by atoms with van der Waals surface area (Å²) in [5, 5.41) is 0. The van der Waals surface area contributed by atoms with Gasteiger partial charge in [-0.3, -0.25) is 4.18 Å². The maximum atomic E-state index is 11.5. The first-order valence-corrected chi connectivity index (χ1v) is 6.02. The molecule has 1 radical (unpaired) electrons. The number of benzene rings is 1. The summed E-state index contributed by atoms with van der Waals surface area (Å²) >= 11 is 0. The van der Waals surface area contributed by atoms with Crippen LogP contribution < -0.4 is 0 Å². The van der Waals surface area contributed by atoms with Crippen LogP contribution >= 0.6 is 0 Å². The Bertz CT molecular complexity index is 362. The van der Waals surface area contributed by atoms with Gasteiger partial charge in [0.1, 0.15) is 0 Å². The molecule has 0 aliphatic rings. The summed E-state index contributed by atoms with van der Waals surface area (Å²) in [6, 6.07) is 8.18. The van der Waals surface area contributed by atoms with Crippen molar-refractivity contribution in [2.45, 2.75) is 24.7 Å². The summed E-state index contributed by atoms with van der Waals surface area (Å²) < 4.78 is 27.8. The van der Waals surface area contributed by atoms with Crippen molar-refractivity contribution in [1.29, 1.82) is 0 Å². The van der Waals surface area contributed by atoms with Crippen LogP contribution in [0.15, 0.2) is 35.2 Å². The van der Waals surface area contributed by atoms with Crippen molar-refractivity contribution >= 4 is 29.0 Å². The second-order valence-electron chi connectivity index (χ2n) is 2.94. The Morgan fingerprint density at radius 1 is 1.20 bits per heavy atom. The van der Waals surface area contributed by atoms with Crippen molar-refractivity contribution in [3.05, 3.63) is 30.3 Å². The van der Waals surface area contributed by atoms with Crippen molar-refractivity contribution < 1.29 is 12.6 Å². The van der Waals surface area contributed by atoms with Gasteiger partial charge in [0, 0.05) is 18.9 Å². The molecule has 1 aromatic rings. The summed E-state index contributed by atoms with van der Waals surface area (Å²) in [7, 11) is -3.53. The molecule has 5 heteroatoms. The second-order valence-corrected chi connectivity index (χ2v) is 4.56. The van der Waals surface area contributed by atoms with Crippen LogP contribution in [0.2, 0.25) is 0 Å². The fourth-order valence-corrected chi connectivity index (χ4v) is 1.93. The Labute approximate surface area is 103 Å². The van der Waals surface area contributed by atoms with Gasteiger partial charge in [-0.2, -0.15) is 8.42 Å². The Balaban J connectivity index is 0.00000196. The quantitative estimate of drug-likeness (QED) is 0.432. The summed E-state index contributed by atoms with van der Waals surface area (Å²) in [4.78, 5) is 0.219. The van der Waals surface area contributed by atoms with Gasteiger partial charge in [-0.05, 0) is 18.6 Å². The van der Waals surface area contributed by atoms with Gasteiger partial charge in [0.25, 0.3) is 10.1 Å². The monoisotopic (exact) mass is 221 g/mol. The van der Waals surface area contributed by atoms with E-state index in [1.165, 1.54) is 12.1 Å². The van der Waals surface area contributed by atoms with Gasteiger partial charge in [-0.25, -0.2) is 0 Å². The molecule has 15 heavy (non-hydrogen) atoms. The van der Waals surface area contributed by atoms with Gasteiger partial charge < -0.3 is 0 Å². The average molecular weight is 221 g/mol. The molecule has 0 bridgehead atoms. The first-order chi connectivity index (χ1) is 6.67. The molecule has 79 valence electrons. The van der Waals surface area contributed by atoms with Gasteiger partial charge in [0.05, 0.1) is 11.5 Å². The molecule has 3 nitrogen and oxygen atoms in total. The van der Waals surface area contributed by atoms with E-state index in [2.05, 4.69) is 0 Å². The van der Waals surface area contributed by atoms with Crippen molar-refractivity contribution in [2.24, 2.45) is 0 Å². The molecular weight excluding hydrogens is 207 g/mol. The van der Waals surface area contributed by atoms with Gasteiger partial charge >= 0.3 is 0 Å². The van der Waals surface area contributed by atoms with Crippen molar-refractivity contribution in [1.82, 2.24) is 0 Å². The first-order valence-electron chi connectivity index (χ1n) is 4.61. The van der Waals surface area contributed by atoms with Gasteiger partial charge in [-0.1, -0.05) is 31.5 Å². The number of rotatable bonds is 5. The van der Waals surface area contributed by atoms with Crippen molar-refractivity contribution in [3.63, 3.8) is 0 Å². The van der Waals surface area contributed by atoms with Crippen molar-refractivity contribution in [3.8, 4) is 0 Å². The minimum atomic E-state index is -3.53. The zero-order chi connectivity index (χ0) is 10.4. The normalized spacial score (nSPS) is 10.7. The molecular formula is C10H14LiO3S. The summed E-state index contributed by atoms with van der Waals surface area (Å²) in [5.74, 6) is 0. The molecule has 0 spiro atoms. The molecule has 0 aromatic heterocycles. The summed E-state index contributed by atoms with van der Waals surface area (Å²) in [6.45, 7) is 2.24. The topological polar surface area (TPSA) is 43.4 Å². The van der Waals surface area contributed by atoms with Crippen LogP contribution in [-0.4, -0.2) is 33.9 Å². The fraction of sp³-hybridized carbons (Fsp3) is 0.400. The molecule has 0 aliphatic heterocycles. The van der Waals surface area contributed by atoms with Gasteiger partial charge in [0.15, 0.2) is 0 Å². The standard InChI is InChI=1S/C10H14O3S.Li/c1-2-3-9-13-14(11,12)10-7-5-4-6-8-10;/h4-8H,2-3,9H2,1H3;. The van der Waals surface area contributed by atoms with E-state index < -0.39 is 10.1 Å². The molecule has 0 saturated carbocycles. The molecule has 1 aromatic carbocycles. The van der Waals surface area contributed by atoms with E-state index in [0.29, 0.717) is 0 Å². The molecule has 0 heterocycles. The smallest absolute Gasteiger partial charge is 0.266 e. The first kappa shape index (κ1) is 14.7. The van der Waals surface area contributed by atoms with E-state index in [1.807, 2.05) is 6.92 Å². The molecule has 0 atom stereocenters. The minimum Gasteiger partial charge on any atom is -0.266 e. The average Bonchev–Trinajstić information content (AvgIpc) is 2.19. The maximum absolute atomic E-state index is 11.5. The summed E-state index contributed by atoms with van der Waals surface area (Å²) in [6.07, 6.45) is 1.68. The molecule has 0 fully saturated rings. The van der Waals surface area contributed by atoms with E-state index in [1.54, 1.807) is 18.2 Å². The Morgan fingerprint density at radius 2 is 1.80 bits per heavy atom. The molecule has 0 amide bonds. The third-order valence-electron chi connectivity index (χ3n) is 1.77. The predicted molar refractivity (Wildman–Crippen MR) is 60.2 cm³/mol. The van der Waals surface area contributed by atoms with E-state index in [0.717, 1.165) is 12.8 Å². The van der Waals surface area contributed by atoms with Gasteiger partial charge in [-0.15, -0.1) is 0 Å². The fourth-order valence-electron chi connectivity index (χ4n) is 0.968. The van der Waals surface area contributed by atoms with Crippen LogP contribution in [0.4, 0.5) is 0 Å². The Kier molecular flexibility index (Phi) is 6.95. The van der Waals surface area contributed by atoms with Crippen molar-refractivity contribution in [2.75, 3.05) is 6.61 Å². The van der Waals surface area contributed by atoms with E-state index in [4.69, 9.17) is 4.18 Å². The predicted octanol–water partition coefficient (Wildman–Crippen LogP) is 1.81. The number of unbranched alkanes of at least 4 members (excludes halogenated alkanes) is 1. The molecule has 0 unspecified atom stereocenters. The number of hydrogen-bond donors (Lipinski definition) is 0. The largest absolute Gasteiger partial charge is 0.296 e. The van der Waals surface area contributed by atoms with Crippen LogP contribution in [0.3, 0.4) is 0 Å². The second kappa shape index (κ2) is 7.08. The van der Waals surface area contributed by atoms with Crippen LogP contribution in [0.25, 0.3) is 0 Å². The van der Waals surface area contributed by atoms with E-state index in [-0.39, 0.29) is 30.4 Å². The third-order valence-corrected chi connectivity index (χ3v) is 3.09. The van der Waals surface area contributed by atoms with E-state index >= 15 is 0 Å². The molecule has 0 saturated heterocycles. The SMILES string of the molecule is CCCCOS(=O)(=O)c1ccccc1.[Li]. The van der Waals surface area contributed by atoms with Crippen LogP contribution in [0.5, 0.6) is 0 Å². The zero-order valence-electron chi connectivity index (χ0n) is 9.14. The minimum absolute atomic E-state index is 0. The van der Waals surface area contributed by atoms with Gasteiger partial charge in [0.2, 0.25) is 0 Å². The van der Waals surface area contributed by atoms with E-state index in [9.17, 15) is 8.42 Å². The molecule has 0 aliphatic carbocycles.